The number of hydrogen-bond donors (Lipinski definition) is 2. The van der Waals surface area contributed by atoms with E-state index in [1.165, 1.54) is 0 Å². The summed E-state index contributed by atoms with van der Waals surface area (Å²) >= 11 is 1.64. The van der Waals surface area contributed by atoms with Gasteiger partial charge in [0.15, 0.2) is 5.16 Å². The highest BCUT2D eigenvalue weighted by atomic mass is 32.2. The highest BCUT2D eigenvalue weighted by Gasteiger charge is 2.24. The summed E-state index contributed by atoms with van der Waals surface area (Å²) in [6.07, 6.45) is 3.10. The van der Waals surface area contributed by atoms with Gasteiger partial charge in [-0.1, -0.05) is 30.8 Å². The molecule has 0 bridgehead atoms. The zero-order valence-electron chi connectivity index (χ0n) is 17.3. The number of thioether (sulfide) groups is 1. The van der Waals surface area contributed by atoms with Crippen LogP contribution >= 0.6 is 11.8 Å². The standard InChI is InChI=1S/C22H29N5OS/c1-3-18-14-20(27-11-9-26(2)10-12-27)25-22(24-18)29-15-16-5-4-6-17(13-16)21(28)23-19-7-8-19/h4-6,13-14,19H,3,7-12,15H2,1-2H3,(H,23,28)/p+1. The van der Waals surface area contributed by atoms with E-state index in [4.69, 9.17) is 9.97 Å². The third kappa shape index (κ3) is 5.48. The summed E-state index contributed by atoms with van der Waals surface area (Å²) in [5.41, 5.74) is 2.94. The zero-order chi connectivity index (χ0) is 20.2. The lowest BCUT2D eigenvalue weighted by Gasteiger charge is -2.31. The number of benzene rings is 1. The van der Waals surface area contributed by atoms with Crippen LogP contribution in [0.2, 0.25) is 0 Å². The number of amides is 1. The quantitative estimate of drug-likeness (QED) is 0.534. The first-order valence-corrected chi connectivity index (χ1v) is 11.6. The van der Waals surface area contributed by atoms with Gasteiger partial charge in [-0.3, -0.25) is 4.79 Å². The number of carbonyl (C=O) groups excluding carboxylic acids is 1. The molecular weight excluding hydrogens is 382 g/mol. The van der Waals surface area contributed by atoms with E-state index in [0.717, 1.165) is 79.0 Å². The second-order valence-electron chi connectivity index (χ2n) is 8.03. The Morgan fingerprint density at radius 1 is 1.24 bits per heavy atom. The normalized spacial score (nSPS) is 17.4. The van der Waals surface area contributed by atoms with Gasteiger partial charge >= 0.3 is 0 Å². The molecule has 2 aromatic rings. The smallest absolute Gasteiger partial charge is 0.251 e. The number of nitrogens with one attached hydrogen (secondary N) is 2. The van der Waals surface area contributed by atoms with Gasteiger partial charge in [0.1, 0.15) is 5.82 Å². The van der Waals surface area contributed by atoms with E-state index in [1.54, 1.807) is 16.7 Å². The molecule has 0 spiro atoms. The SMILES string of the molecule is CCc1cc(N2CC[NH+](C)CC2)nc(SCc2cccc(C(=O)NC3CC3)c2)n1. The molecule has 2 fully saturated rings. The minimum Gasteiger partial charge on any atom is -0.349 e. The first-order valence-electron chi connectivity index (χ1n) is 10.6. The molecule has 2 N–H and O–H groups in total. The van der Waals surface area contributed by atoms with Gasteiger partial charge in [-0.05, 0) is 37.0 Å². The van der Waals surface area contributed by atoms with Crippen molar-refractivity contribution >= 4 is 23.5 Å². The maximum absolute atomic E-state index is 12.3. The lowest BCUT2D eigenvalue weighted by atomic mass is 10.1. The summed E-state index contributed by atoms with van der Waals surface area (Å²) in [6.45, 7) is 6.49. The van der Waals surface area contributed by atoms with Crippen LogP contribution in [0.1, 0.15) is 41.4 Å². The van der Waals surface area contributed by atoms with Gasteiger partial charge in [0, 0.05) is 29.1 Å². The maximum Gasteiger partial charge on any atom is 0.251 e. The van der Waals surface area contributed by atoms with Crippen LogP contribution in [0.5, 0.6) is 0 Å². The lowest BCUT2D eigenvalue weighted by Crippen LogP contribution is -3.12. The molecule has 6 nitrogen and oxygen atoms in total. The van der Waals surface area contributed by atoms with Crippen LogP contribution in [0.4, 0.5) is 5.82 Å². The molecule has 1 saturated carbocycles. The van der Waals surface area contributed by atoms with Crippen molar-refractivity contribution in [2.75, 3.05) is 38.1 Å². The van der Waals surface area contributed by atoms with Crippen LogP contribution in [-0.4, -0.2) is 55.1 Å². The molecular formula is C22H30N5OS+. The molecule has 1 amide bonds. The van der Waals surface area contributed by atoms with Crippen LogP contribution in [0.15, 0.2) is 35.5 Å². The van der Waals surface area contributed by atoms with Crippen LogP contribution in [0.25, 0.3) is 0 Å². The fourth-order valence-corrected chi connectivity index (χ4v) is 4.25. The number of quaternary nitrogens is 1. The summed E-state index contributed by atoms with van der Waals surface area (Å²) < 4.78 is 0. The second kappa shape index (κ2) is 9.13. The first kappa shape index (κ1) is 20.2. The number of nitrogens with zero attached hydrogens (tertiary/aromatic N) is 3. The molecule has 1 aromatic heterocycles. The molecule has 0 unspecified atom stereocenters. The zero-order valence-corrected chi connectivity index (χ0v) is 18.1. The van der Waals surface area contributed by atoms with Gasteiger partial charge < -0.3 is 15.1 Å². The van der Waals surface area contributed by atoms with Crippen molar-refractivity contribution < 1.29 is 9.69 Å². The Bertz CT molecular complexity index is 862. The highest BCUT2D eigenvalue weighted by molar-refractivity contribution is 7.98. The average molecular weight is 413 g/mol. The number of piperazine rings is 1. The van der Waals surface area contributed by atoms with Crippen molar-refractivity contribution in [3.05, 3.63) is 47.2 Å². The Morgan fingerprint density at radius 2 is 2.03 bits per heavy atom. The van der Waals surface area contributed by atoms with Gasteiger partial charge in [0.2, 0.25) is 0 Å². The number of likely N-dealkylation sites (N-methyl/N-ethyl adjacent to an activating group) is 1. The van der Waals surface area contributed by atoms with E-state index >= 15 is 0 Å². The van der Waals surface area contributed by atoms with Crippen molar-refractivity contribution in [3.8, 4) is 0 Å². The largest absolute Gasteiger partial charge is 0.349 e. The Kier molecular flexibility index (Phi) is 6.35. The van der Waals surface area contributed by atoms with E-state index in [-0.39, 0.29) is 5.91 Å². The second-order valence-corrected chi connectivity index (χ2v) is 8.98. The number of hydrogen-bond acceptors (Lipinski definition) is 5. The molecule has 1 saturated heterocycles. The molecule has 29 heavy (non-hydrogen) atoms. The number of carbonyl (C=O) groups is 1. The first-order chi connectivity index (χ1) is 14.1. The highest BCUT2D eigenvalue weighted by Crippen LogP contribution is 2.24. The van der Waals surface area contributed by atoms with Gasteiger partial charge in [0.05, 0.1) is 33.2 Å². The van der Waals surface area contributed by atoms with Crippen LogP contribution in [-0.2, 0) is 12.2 Å². The predicted molar refractivity (Wildman–Crippen MR) is 117 cm³/mol. The van der Waals surface area contributed by atoms with Crippen LogP contribution in [0.3, 0.4) is 0 Å². The molecule has 0 atom stereocenters. The van der Waals surface area contributed by atoms with Gasteiger partial charge in [-0.2, -0.15) is 0 Å². The third-order valence-electron chi connectivity index (χ3n) is 5.52. The molecule has 7 heteroatoms. The van der Waals surface area contributed by atoms with Crippen LogP contribution < -0.4 is 15.1 Å². The topological polar surface area (TPSA) is 62.6 Å². The Balaban J connectivity index is 1.43. The van der Waals surface area contributed by atoms with Crippen molar-refractivity contribution in [2.24, 2.45) is 0 Å². The third-order valence-corrected chi connectivity index (χ3v) is 6.44. The number of rotatable bonds is 7. The summed E-state index contributed by atoms with van der Waals surface area (Å²) in [5, 5.41) is 3.87. The summed E-state index contributed by atoms with van der Waals surface area (Å²) in [4.78, 5) is 25.8. The monoisotopic (exact) mass is 412 g/mol. The Labute approximate surface area is 177 Å². The number of aromatic nitrogens is 2. The molecule has 1 aromatic carbocycles. The van der Waals surface area contributed by atoms with E-state index < -0.39 is 0 Å². The minimum absolute atomic E-state index is 0.0306. The van der Waals surface area contributed by atoms with E-state index in [9.17, 15) is 4.79 Å². The van der Waals surface area contributed by atoms with Crippen molar-refractivity contribution in [3.63, 3.8) is 0 Å². The van der Waals surface area contributed by atoms with Crippen molar-refractivity contribution in [2.45, 2.75) is 43.1 Å². The van der Waals surface area contributed by atoms with E-state index in [2.05, 4.69) is 36.3 Å². The summed E-state index contributed by atoms with van der Waals surface area (Å²) in [6, 6.07) is 10.4. The number of aryl methyl sites for hydroxylation is 1. The van der Waals surface area contributed by atoms with E-state index in [0.29, 0.717) is 6.04 Å². The van der Waals surface area contributed by atoms with Gasteiger partial charge in [-0.25, -0.2) is 9.97 Å². The van der Waals surface area contributed by atoms with Crippen LogP contribution in [0, 0.1) is 0 Å². The maximum atomic E-state index is 12.3. The predicted octanol–water partition coefficient (Wildman–Crippen LogP) is 1.56. The summed E-state index contributed by atoms with van der Waals surface area (Å²) in [7, 11) is 2.25. The lowest BCUT2D eigenvalue weighted by molar-refractivity contribution is -0.880. The molecule has 1 aliphatic carbocycles. The van der Waals surface area contributed by atoms with Gasteiger partial charge in [-0.15, -0.1) is 0 Å². The fraction of sp³-hybridized carbons (Fsp3) is 0.500. The van der Waals surface area contributed by atoms with Crippen molar-refractivity contribution in [1.29, 1.82) is 0 Å². The molecule has 4 rings (SSSR count). The summed E-state index contributed by atoms with van der Waals surface area (Å²) in [5.74, 6) is 1.83. The molecule has 1 aliphatic heterocycles. The van der Waals surface area contributed by atoms with E-state index in [1.807, 2.05) is 18.2 Å². The molecule has 154 valence electrons. The molecule has 0 radical (unpaired) electrons. The average Bonchev–Trinajstić information content (AvgIpc) is 3.56. The minimum atomic E-state index is 0.0306. The van der Waals surface area contributed by atoms with Gasteiger partial charge in [0.25, 0.3) is 5.91 Å². The Morgan fingerprint density at radius 3 is 2.76 bits per heavy atom. The fourth-order valence-electron chi connectivity index (χ4n) is 3.43. The molecule has 2 aliphatic rings. The molecule has 2 heterocycles. The number of anilines is 1. The van der Waals surface area contributed by atoms with Crippen molar-refractivity contribution in [1.82, 2.24) is 15.3 Å². The Hall–Kier alpha value is -2.12.